The molecule has 0 saturated heterocycles. The first-order valence-corrected chi connectivity index (χ1v) is 4.17. The van der Waals surface area contributed by atoms with E-state index < -0.39 is 0 Å². The maximum Gasteiger partial charge on any atom is 0.183 e. The van der Waals surface area contributed by atoms with Gasteiger partial charge in [-0.15, -0.1) is 0 Å². The summed E-state index contributed by atoms with van der Waals surface area (Å²) in [6.07, 6.45) is 0. The molecule has 2 N–H and O–H groups in total. The van der Waals surface area contributed by atoms with Gasteiger partial charge in [0.05, 0.1) is 6.04 Å². The van der Waals surface area contributed by atoms with Gasteiger partial charge in [-0.1, -0.05) is 30.3 Å². The molecule has 72 valence electrons. The molecule has 0 saturated carbocycles. The molecule has 0 fully saturated rings. The Hall–Kier alpha value is -2.00. The van der Waals surface area contributed by atoms with E-state index in [-0.39, 0.29) is 12.0 Å². The zero-order valence-electron chi connectivity index (χ0n) is 7.83. The lowest BCUT2D eigenvalue weighted by Gasteiger charge is -2.05. The van der Waals surface area contributed by atoms with Crippen LogP contribution in [0.1, 0.15) is 18.5 Å². The molecule has 0 aliphatic heterocycles. The van der Waals surface area contributed by atoms with Crippen LogP contribution in [-0.2, 0) is 0 Å². The van der Waals surface area contributed by atoms with E-state index in [0.717, 1.165) is 5.56 Å². The number of rotatable bonds is 2. The van der Waals surface area contributed by atoms with Crippen molar-refractivity contribution in [2.45, 2.75) is 13.0 Å². The van der Waals surface area contributed by atoms with Crippen molar-refractivity contribution in [1.82, 2.24) is 0 Å². The molecule has 0 spiro atoms. The van der Waals surface area contributed by atoms with E-state index in [4.69, 9.17) is 11.3 Å². The first-order valence-electron chi connectivity index (χ1n) is 4.17. The lowest BCUT2D eigenvalue weighted by molar-refractivity contribution is 0.815. The standard InChI is InChI=1S/C9H11N5/c1-7(12-9(10)13-14-11)8-5-3-2-4-6-8/h2-7H,1H3,(H2,10,12)/t7-/m0/s1. The molecule has 14 heavy (non-hydrogen) atoms. The molecule has 0 aromatic heterocycles. The van der Waals surface area contributed by atoms with Gasteiger partial charge in [0.1, 0.15) is 0 Å². The molecule has 0 bridgehead atoms. The van der Waals surface area contributed by atoms with Crippen molar-refractivity contribution >= 4 is 5.96 Å². The monoisotopic (exact) mass is 189 g/mol. The first-order chi connectivity index (χ1) is 6.74. The number of hydrogen-bond acceptors (Lipinski definition) is 1. The number of hydrogen-bond donors (Lipinski definition) is 1. The molecule has 5 heteroatoms. The van der Waals surface area contributed by atoms with Crippen molar-refractivity contribution in [1.29, 1.82) is 0 Å². The second-order valence-corrected chi connectivity index (χ2v) is 2.76. The van der Waals surface area contributed by atoms with Crippen LogP contribution in [0.5, 0.6) is 0 Å². The Morgan fingerprint density at radius 1 is 1.43 bits per heavy atom. The van der Waals surface area contributed by atoms with Crippen molar-refractivity contribution in [2.24, 2.45) is 15.8 Å². The van der Waals surface area contributed by atoms with Crippen molar-refractivity contribution in [2.75, 3.05) is 0 Å². The van der Waals surface area contributed by atoms with Crippen molar-refractivity contribution < 1.29 is 0 Å². The van der Waals surface area contributed by atoms with Crippen LogP contribution in [0, 0.1) is 0 Å². The summed E-state index contributed by atoms with van der Waals surface area (Å²) in [5.74, 6) is -0.0381. The van der Waals surface area contributed by atoms with E-state index in [2.05, 4.69) is 15.0 Å². The Balaban J connectivity index is 2.82. The van der Waals surface area contributed by atoms with Gasteiger partial charge >= 0.3 is 0 Å². The Morgan fingerprint density at radius 3 is 2.64 bits per heavy atom. The quantitative estimate of drug-likeness (QED) is 0.250. The fourth-order valence-electron chi connectivity index (χ4n) is 1.08. The first kappa shape index (κ1) is 10.1. The van der Waals surface area contributed by atoms with Crippen LogP contribution in [0.2, 0.25) is 0 Å². The Morgan fingerprint density at radius 2 is 2.07 bits per heavy atom. The molecule has 1 rings (SSSR count). The molecule has 0 aliphatic carbocycles. The lowest BCUT2D eigenvalue weighted by Crippen LogP contribution is -2.08. The van der Waals surface area contributed by atoms with Crippen molar-refractivity contribution in [3.63, 3.8) is 0 Å². The normalized spacial score (nSPS) is 13.1. The fourth-order valence-corrected chi connectivity index (χ4v) is 1.08. The molecule has 1 atom stereocenters. The highest BCUT2D eigenvalue weighted by molar-refractivity contribution is 5.78. The van der Waals surface area contributed by atoms with Crippen LogP contribution < -0.4 is 5.73 Å². The molecule has 5 nitrogen and oxygen atoms in total. The summed E-state index contributed by atoms with van der Waals surface area (Å²) < 4.78 is 0. The second kappa shape index (κ2) is 4.89. The third-order valence-electron chi connectivity index (χ3n) is 1.76. The summed E-state index contributed by atoms with van der Waals surface area (Å²) in [7, 11) is 0. The van der Waals surface area contributed by atoms with Gasteiger partial charge in [-0.2, -0.15) is 0 Å². The second-order valence-electron chi connectivity index (χ2n) is 2.76. The number of guanidine groups is 1. The van der Waals surface area contributed by atoms with Gasteiger partial charge in [-0.3, -0.25) is 4.99 Å². The van der Waals surface area contributed by atoms with Crippen LogP contribution in [0.25, 0.3) is 10.4 Å². The highest BCUT2D eigenvalue weighted by atomic mass is 15.2. The van der Waals surface area contributed by atoms with E-state index in [1.807, 2.05) is 37.3 Å². The minimum Gasteiger partial charge on any atom is -0.382 e. The molecule has 1 aromatic carbocycles. The fraction of sp³-hybridized carbons (Fsp3) is 0.222. The molecular formula is C9H11N5. The highest BCUT2D eigenvalue weighted by Crippen LogP contribution is 2.15. The molecule has 1 aromatic rings. The summed E-state index contributed by atoms with van der Waals surface area (Å²) in [5, 5.41) is 3.20. The number of azide groups is 1. The number of benzene rings is 1. The van der Waals surface area contributed by atoms with Crippen LogP contribution in [-0.4, -0.2) is 5.96 Å². The zero-order chi connectivity index (χ0) is 10.4. The molecule has 0 aliphatic rings. The van der Waals surface area contributed by atoms with Gasteiger partial charge in [0.2, 0.25) is 0 Å². The van der Waals surface area contributed by atoms with Crippen molar-refractivity contribution in [3.05, 3.63) is 46.3 Å². The van der Waals surface area contributed by atoms with E-state index >= 15 is 0 Å². The van der Waals surface area contributed by atoms with Crippen LogP contribution in [0.3, 0.4) is 0 Å². The number of nitrogens with zero attached hydrogens (tertiary/aromatic N) is 4. The SMILES string of the molecule is C[C@H](N=C(N)N=[N+]=[N-])c1ccccc1. The summed E-state index contributed by atoms with van der Waals surface area (Å²) in [4.78, 5) is 6.56. The predicted molar refractivity (Wildman–Crippen MR) is 55.6 cm³/mol. The number of aliphatic imine (C=N–C) groups is 1. The van der Waals surface area contributed by atoms with Crippen LogP contribution >= 0.6 is 0 Å². The minimum atomic E-state index is -0.0956. The Bertz CT molecular complexity index is 364. The van der Waals surface area contributed by atoms with E-state index in [1.54, 1.807) is 0 Å². The summed E-state index contributed by atoms with van der Waals surface area (Å²) in [6, 6.07) is 9.56. The summed E-state index contributed by atoms with van der Waals surface area (Å²) in [6.45, 7) is 1.88. The zero-order valence-corrected chi connectivity index (χ0v) is 7.83. The van der Waals surface area contributed by atoms with E-state index in [0.29, 0.717) is 0 Å². The average molecular weight is 189 g/mol. The van der Waals surface area contributed by atoms with Gasteiger partial charge in [0.25, 0.3) is 0 Å². The van der Waals surface area contributed by atoms with Crippen LogP contribution in [0.15, 0.2) is 40.4 Å². The number of nitrogens with two attached hydrogens (primary N) is 1. The summed E-state index contributed by atoms with van der Waals surface area (Å²) >= 11 is 0. The van der Waals surface area contributed by atoms with E-state index in [9.17, 15) is 0 Å². The van der Waals surface area contributed by atoms with Gasteiger partial charge < -0.3 is 5.73 Å². The molecule has 0 unspecified atom stereocenters. The van der Waals surface area contributed by atoms with Crippen molar-refractivity contribution in [3.8, 4) is 0 Å². The smallest absolute Gasteiger partial charge is 0.183 e. The third-order valence-corrected chi connectivity index (χ3v) is 1.76. The molecule has 0 radical (unpaired) electrons. The molecular weight excluding hydrogens is 178 g/mol. The average Bonchev–Trinajstić information content (AvgIpc) is 2.19. The highest BCUT2D eigenvalue weighted by Gasteiger charge is 2.01. The van der Waals surface area contributed by atoms with E-state index in [1.165, 1.54) is 0 Å². The lowest BCUT2D eigenvalue weighted by atomic mass is 10.1. The largest absolute Gasteiger partial charge is 0.382 e. The minimum absolute atomic E-state index is 0.0381. The van der Waals surface area contributed by atoms with Gasteiger partial charge in [-0.05, 0) is 23.1 Å². The maximum atomic E-state index is 8.12. The maximum absolute atomic E-state index is 8.12. The van der Waals surface area contributed by atoms with Gasteiger partial charge in [0, 0.05) is 4.91 Å². The molecule has 0 heterocycles. The Kier molecular flexibility index (Phi) is 3.52. The van der Waals surface area contributed by atoms with Crippen LogP contribution in [0.4, 0.5) is 0 Å². The molecule has 0 amide bonds. The third kappa shape index (κ3) is 2.80. The topological polar surface area (TPSA) is 87.1 Å². The Labute approximate surface area is 81.9 Å². The van der Waals surface area contributed by atoms with Gasteiger partial charge in [0.15, 0.2) is 5.96 Å². The van der Waals surface area contributed by atoms with Gasteiger partial charge in [-0.25, -0.2) is 0 Å². The predicted octanol–water partition coefficient (Wildman–Crippen LogP) is 2.37. The summed E-state index contributed by atoms with van der Waals surface area (Å²) in [5.41, 5.74) is 14.5.